The Morgan fingerprint density at radius 1 is 0.800 bits per heavy atom. The highest BCUT2D eigenvalue weighted by molar-refractivity contribution is 7.80. The Kier molecular flexibility index (Phi) is 6.18. The number of thiocarbonyl (C=S) groups is 1. The molecule has 0 radical (unpaired) electrons. The first-order valence-corrected chi connectivity index (χ1v) is 8.81. The number of rotatable bonds is 7. The molecule has 0 unspecified atom stereocenters. The normalized spacial score (nSPS) is 10.2. The summed E-state index contributed by atoms with van der Waals surface area (Å²) in [4.78, 5) is 0.751. The molecule has 0 aliphatic heterocycles. The summed E-state index contributed by atoms with van der Waals surface area (Å²) in [5, 5.41) is 3.32. The molecule has 0 heterocycles. The van der Waals surface area contributed by atoms with Crippen molar-refractivity contribution < 1.29 is 4.74 Å². The van der Waals surface area contributed by atoms with Gasteiger partial charge in [-0.2, -0.15) is 0 Å². The largest absolute Gasteiger partial charge is 0.489 e. The van der Waals surface area contributed by atoms with Gasteiger partial charge in [0.1, 0.15) is 17.3 Å². The van der Waals surface area contributed by atoms with Crippen LogP contribution in [0.1, 0.15) is 16.7 Å². The van der Waals surface area contributed by atoms with Crippen molar-refractivity contribution in [1.29, 1.82) is 0 Å². The Labute approximate surface area is 154 Å². The standard InChI is InChI=1S/C22H21NOS/c25-22(23-15-14-18-8-3-1-4-9-18)20-12-7-13-21(16-20)24-17-19-10-5-2-6-11-19/h1-13,16H,14-15,17H2,(H,23,25). The molecule has 0 bridgehead atoms. The molecule has 0 aliphatic carbocycles. The fourth-order valence-corrected chi connectivity index (χ4v) is 2.76. The van der Waals surface area contributed by atoms with E-state index in [4.69, 9.17) is 17.0 Å². The van der Waals surface area contributed by atoms with Crippen molar-refractivity contribution in [2.45, 2.75) is 13.0 Å². The molecular formula is C22H21NOS. The van der Waals surface area contributed by atoms with Crippen molar-refractivity contribution in [3.05, 3.63) is 102 Å². The van der Waals surface area contributed by atoms with Gasteiger partial charge in [-0.25, -0.2) is 0 Å². The van der Waals surface area contributed by atoms with Gasteiger partial charge in [0.25, 0.3) is 0 Å². The van der Waals surface area contributed by atoms with E-state index in [0.29, 0.717) is 6.61 Å². The van der Waals surface area contributed by atoms with E-state index < -0.39 is 0 Å². The molecule has 0 aliphatic rings. The van der Waals surface area contributed by atoms with Gasteiger partial charge in [0.2, 0.25) is 0 Å². The Bertz CT molecular complexity index is 803. The van der Waals surface area contributed by atoms with Crippen LogP contribution in [-0.4, -0.2) is 11.5 Å². The van der Waals surface area contributed by atoms with Crippen LogP contribution in [0.5, 0.6) is 5.75 Å². The molecule has 0 aromatic heterocycles. The van der Waals surface area contributed by atoms with Crippen LogP contribution in [0, 0.1) is 0 Å². The third-order valence-corrected chi connectivity index (χ3v) is 4.27. The molecule has 126 valence electrons. The molecule has 2 nitrogen and oxygen atoms in total. The van der Waals surface area contributed by atoms with Crippen LogP contribution in [0.15, 0.2) is 84.9 Å². The van der Waals surface area contributed by atoms with Crippen LogP contribution in [-0.2, 0) is 13.0 Å². The van der Waals surface area contributed by atoms with Crippen molar-refractivity contribution in [3.63, 3.8) is 0 Å². The monoisotopic (exact) mass is 347 g/mol. The molecule has 3 aromatic rings. The molecule has 3 aromatic carbocycles. The van der Waals surface area contributed by atoms with Crippen molar-refractivity contribution in [2.24, 2.45) is 0 Å². The SMILES string of the molecule is S=C(NCCc1ccccc1)c1cccc(OCc2ccccc2)c1. The molecule has 0 amide bonds. The number of benzene rings is 3. The Hall–Kier alpha value is -2.65. The molecule has 3 rings (SSSR count). The minimum Gasteiger partial charge on any atom is -0.489 e. The summed E-state index contributed by atoms with van der Waals surface area (Å²) in [7, 11) is 0. The Morgan fingerprint density at radius 2 is 1.48 bits per heavy atom. The van der Waals surface area contributed by atoms with E-state index in [0.717, 1.165) is 34.8 Å². The molecule has 0 saturated carbocycles. The summed E-state index contributed by atoms with van der Waals surface area (Å²) < 4.78 is 5.87. The average molecular weight is 347 g/mol. The van der Waals surface area contributed by atoms with Crippen LogP contribution in [0.3, 0.4) is 0 Å². The van der Waals surface area contributed by atoms with Gasteiger partial charge in [-0.15, -0.1) is 0 Å². The van der Waals surface area contributed by atoms with Crippen LogP contribution >= 0.6 is 12.2 Å². The maximum absolute atomic E-state index is 5.87. The minimum atomic E-state index is 0.554. The zero-order valence-corrected chi connectivity index (χ0v) is 14.8. The molecule has 0 saturated heterocycles. The van der Waals surface area contributed by atoms with Gasteiger partial charge >= 0.3 is 0 Å². The third-order valence-electron chi connectivity index (χ3n) is 3.89. The van der Waals surface area contributed by atoms with E-state index in [9.17, 15) is 0 Å². The fraction of sp³-hybridized carbons (Fsp3) is 0.136. The van der Waals surface area contributed by atoms with Crippen LogP contribution in [0.2, 0.25) is 0 Å². The topological polar surface area (TPSA) is 21.3 Å². The van der Waals surface area contributed by atoms with Crippen LogP contribution in [0.4, 0.5) is 0 Å². The first-order chi connectivity index (χ1) is 12.3. The Morgan fingerprint density at radius 3 is 2.20 bits per heavy atom. The lowest BCUT2D eigenvalue weighted by Gasteiger charge is -2.11. The molecule has 0 spiro atoms. The molecule has 1 N–H and O–H groups in total. The maximum atomic E-state index is 5.87. The number of ether oxygens (including phenoxy) is 1. The van der Waals surface area contributed by atoms with Crippen molar-refractivity contribution >= 4 is 17.2 Å². The highest BCUT2D eigenvalue weighted by Crippen LogP contribution is 2.15. The van der Waals surface area contributed by atoms with Gasteiger partial charge in [-0.05, 0) is 29.7 Å². The van der Waals surface area contributed by atoms with E-state index in [1.54, 1.807) is 0 Å². The zero-order valence-electron chi connectivity index (χ0n) is 14.0. The smallest absolute Gasteiger partial charge is 0.120 e. The molecular weight excluding hydrogens is 326 g/mol. The zero-order chi connectivity index (χ0) is 17.3. The number of hydrogen-bond donors (Lipinski definition) is 1. The van der Waals surface area contributed by atoms with Crippen molar-refractivity contribution in [2.75, 3.05) is 6.54 Å². The van der Waals surface area contributed by atoms with Gasteiger partial charge in [0.05, 0.1) is 0 Å². The predicted octanol–water partition coefficient (Wildman–Crippen LogP) is 4.77. The fourth-order valence-electron chi connectivity index (χ4n) is 2.54. The number of hydrogen-bond acceptors (Lipinski definition) is 2. The number of nitrogens with one attached hydrogen (secondary N) is 1. The van der Waals surface area contributed by atoms with Crippen molar-refractivity contribution in [1.82, 2.24) is 5.32 Å². The average Bonchev–Trinajstić information content (AvgIpc) is 2.68. The summed E-state index contributed by atoms with van der Waals surface area (Å²) in [5.41, 5.74) is 3.43. The third kappa shape index (κ3) is 5.44. The lowest BCUT2D eigenvalue weighted by Crippen LogP contribution is -2.24. The molecule has 3 heteroatoms. The second-order valence-electron chi connectivity index (χ2n) is 5.79. The first kappa shape index (κ1) is 17.2. The second-order valence-corrected chi connectivity index (χ2v) is 6.20. The van der Waals surface area contributed by atoms with E-state index in [2.05, 4.69) is 41.7 Å². The second kappa shape index (κ2) is 9.00. The van der Waals surface area contributed by atoms with E-state index in [-0.39, 0.29) is 0 Å². The van der Waals surface area contributed by atoms with Crippen LogP contribution in [0.25, 0.3) is 0 Å². The van der Waals surface area contributed by atoms with Gasteiger partial charge < -0.3 is 10.1 Å². The van der Waals surface area contributed by atoms with E-state index >= 15 is 0 Å². The van der Waals surface area contributed by atoms with E-state index in [1.165, 1.54) is 5.56 Å². The first-order valence-electron chi connectivity index (χ1n) is 8.40. The molecule has 0 atom stereocenters. The van der Waals surface area contributed by atoms with Crippen molar-refractivity contribution in [3.8, 4) is 5.75 Å². The molecule has 25 heavy (non-hydrogen) atoms. The van der Waals surface area contributed by atoms with Gasteiger partial charge in [-0.1, -0.05) is 85.0 Å². The quantitative estimate of drug-likeness (QED) is 0.622. The van der Waals surface area contributed by atoms with Gasteiger partial charge in [-0.3, -0.25) is 0 Å². The summed E-state index contributed by atoms with van der Waals surface area (Å²) in [6.45, 7) is 1.37. The highest BCUT2D eigenvalue weighted by atomic mass is 32.1. The van der Waals surface area contributed by atoms with Gasteiger partial charge in [0, 0.05) is 12.1 Å². The summed E-state index contributed by atoms with van der Waals surface area (Å²) >= 11 is 5.51. The van der Waals surface area contributed by atoms with E-state index in [1.807, 2.05) is 48.5 Å². The highest BCUT2D eigenvalue weighted by Gasteiger charge is 2.03. The minimum absolute atomic E-state index is 0.554. The maximum Gasteiger partial charge on any atom is 0.120 e. The van der Waals surface area contributed by atoms with Gasteiger partial charge in [0.15, 0.2) is 0 Å². The summed E-state index contributed by atoms with van der Waals surface area (Å²) in [5.74, 6) is 0.827. The predicted molar refractivity (Wildman–Crippen MR) is 107 cm³/mol. The Balaban J connectivity index is 1.52. The summed E-state index contributed by atoms with van der Waals surface area (Å²) in [6, 6.07) is 28.5. The lowest BCUT2D eigenvalue weighted by atomic mass is 10.1. The molecule has 0 fully saturated rings. The lowest BCUT2D eigenvalue weighted by molar-refractivity contribution is 0.306. The van der Waals surface area contributed by atoms with Crippen LogP contribution < -0.4 is 10.1 Å². The summed E-state index contributed by atoms with van der Waals surface area (Å²) in [6.07, 6.45) is 0.950.